The van der Waals surface area contributed by atoms with E-state index in [4.69, 9.17) is 23.7 Å². The normalized spacial score (nSPS) is 25.5. The maximum absolute atomic E-state index is 11.9. The molecule has 0 spiro atoms. The molecule has 11 heteroatoms. The molecule has 0 bridgehead atoms. The third kappa shape index (κ3) is 9.49. The van der Waals surface area contributed by atoms with Crippen LogP contribution in [-0.2, 0) is 42.9 Å². The molecular weight excluding hydrogens is 426 g/mol. The lowest BCUT2D eigenvalue weighted by Crippen LogP contribution is -2.66. The fourth-order valence-corrected chi connectivity index (χ4v) is 3.31. The summed E-state index contributed by atoms with van der Waals surface area (Å²) in [6.07, 6.45) is -3.26. The van der Waals surface area contributed by atoms with Gasteiger partial charge in [-0.1, -0.05) is 13.8 Å². The number of nitrogens with one attached hydrogen (secondary N) is 1. The second-order valence-electron chi connectivity index (χ2n) is 8.48. The second-order valence-corrected chi connectivity index (χ2v) is 8.48. The van der Waals surface area contributed by atoms with Gasteiger partial charge >= 0.3 is 17.9 Å². The Hall–Kier alpha value is -2.24. The van der Waals surface area contributed by atoms with Gasteiger partial charge in [0, 0.05) is 34.3 Å². The molecule has 1 aliphatic rings. The molecule has 1 saturated heterocycles. The molecule has 0 unspecified atom stereocenters. The summed E-state index contributed by atoms with van der Waals surface area (Å²) in [7, 11) is 0. The summed E-state index contributed by atoms with van der Waals surface area (Å²) >= 11 is 0. The highest BCUT2D eigenvalue weighted by molar-refractivity contribution is 5.73. The van der Waals surface area contributed by atoms with Gasteiger partial charge in [-0.05, 0) is 18.3 Å². The lowest BCUT2D eigenvalue weighted by atomic mass is 9.86. The molecule has 0 radical (unpaired) electrons. The zero-order valence-corrected chi connectivity index (χ0v) is 19.5. The van der Waals surface area contributed by atoms with Crippen molar-refractivity contribution in [2.45, 2.75) is 85.0 Å². The summed E-state index contributed by atoms with van der Waals surface area (Å²) in [5.74, 6) is -2.36. The van der Waals surface area contributed by atoms with E-state index in [2.05, 4.69) is 5.32 Å². The van der Waals surface area contributed by atoms with Crippen LogP contribution in [-0.4, -0.2) is 79.4 Å². The summed E-state index contributed by atoms with van der Waals surface area (Å²) in [6.45, 7) is 8.75. The fraction of sp³-hybridized carbons (Fsp3) is 0.810. The average Bonchev–Trinajstić information content (AvgIpc) is 2.63. The van der Waals surface area contributed by atoms with E-state index in [0.29, 0.717) is 12.8 Å². The number of amides is 1. The molecular formula is C21H35NO10. The van der Waals surface area contributed by atoms with Crippen LogP contribution in [0.3, 0.4) is 0 Å². The Morgan fingerprint density at radius 2 is 1.53 bits per heavy atom. The summed E-state index contributed by atoms with van der Waals surface area (Å²) < 4.78 is 27.6. The Balaban J connectivity index is 3.19. The monoisotopic (exact) mass is 461 g/mol. The standard InChI is InChI=1S/C21H35NO10/c1-12(24)22-17-19(31-15(4)27)18(30-14(3)26)16(11-29-13(2)25)32-20(17)28-10-8-21(5,6)7-9-23/h16-20,23H,7-11H2,1-6H3,(H,22,24)/t16-,17-,18+,19-,20-/m1/s1. The van der Waals surface area contributed by atoms with Gasteiger partial charge in [-0.3, -0.25) is 19.2 Å². The van der Waals surface area contributed by atoms with Crippen molar-refractivity contribution in [3.8, 4) is 0 Å². The van der Waals surface area contributed by atoms with Gasteiger partial charge in [-0.2, -0.15) is 0 Å². The van der Waals surface area contributed by atoms with E-state index in [1.165, 1.54) is 27.7 Å². The lowest BCUT2D eigenvalue weighted by molar-refractivity contribution is -0.278. The molecule has 32 heavy (non-hydrogen) atoms. The minimum Gasteiger partial charge on any atom is -0.463 e. The first kappa shape index (κ1) is 27.8. The molecule has 1 amide bonds. The molecule has 5 atom stereocenters. The summed E-state index contributed by atoms with van der Waals surface area (Å²) in [5, 5.41) is 11.8. The van der Waals surface area contributed by atoms with E-state index in [9.17, 15) is 24.3 Å². The quantitative estimate of drug-likeness (QED) is 0.328. The Bertz CT molecular complexity index is 665. The van der Waals surface area contributed by atoms with E-state index >= 15 is 0 Å². The van der Waals surface area contributed by atoms with Gasteiger partial charge in [-0.15, -0.1) is 0 Å². The number of ether oxygens (including phenoxy) is 5. The number of hydrogen-bond acceptors (Lipinski definition) is 10. The molecule has 0 saturated carbocycles. The highest BCUT2D eigenvalue weighted by Crippen LogP contribution is 2.29. The summed E-state index contributed by atoms with van der Waals surface area (Å²) in [6, 6.07) is -0.990. The maximum Gasteiger partial charge on any atom is 0.303 e. The van der Waals surface area contributed by atoms with Gasteiger partial charge in [-0.25, -0.2) is 0 Å². The number of carbonyl (C=O) groups excluding carboxylic acids is 4. The van der Waals surface area contributed by atoms with E-state index in [-0.39, 0.29) is 25.2 Å². The number of rotatable bonds is 11. The topological polar surface area (TPSA) is 147 Å². The molecule has 11 nitrogen and oxygen atoms in total. The van der Waals surface area contributed by atoms with E-state index in [1.807, 2.05) is 13.8 Å². The third-order valence-corrected chi connectivity index (χ3v) is 4.92. The number of esters is 3. The van der Waals surface area contributed by atoms with Crippen molar-refractivity contribution in [2.24, 2.45) is 5.41 Å². The van der Waals surface area contributed by atoms with E-state index in [0.717, 1.165) is 0 Å². The number of hydrogen-bond donors (Lipinski definition) is 2. The number of aliphatic hydroxyl groups is 1. The smallest absolute Gasteiger partial charge is 0.303 e. The van der Waals surface area contributed by atoms with E-state index in [1.54, 1.807) is 0 Å². The molecule has 0 aromatic heterocycles. The van der Waals surface area contributed by atoms with Crippen LogP contribution in [0.4, 0.5) is 0 Å². The lowest BCUT2D eigenvalue weighted by Gasteiger charge is -2.45. The van der Waals surface area contributed by atoms with Gasteiger partial charge in [0.15, 0.2) is 18.5 Å². The molecule has 2 N–H and O–H groups in total. The molecule has 0 aromatic carbocycles. The van der Waals surface area contributed by atoms with Crippen LogP contribution in [0.15, 0.2) is 0 Å². The van der Waals surface area contributed by atoms with Gasteiger partial charge in [0.05, 0.1) is 6.61 Å². The zero-order chi connectivity index (χ0) is 24.5. The first-order chi connectivity index (χ1) is 14.9. The molecule has 184 valence electrons. The average molecular weight is 462 g/mol. The molecule has 0 aliphatic carbocycles. The van der Waals surface area contributed by atoms with Crippen LogP contribution >= 0.6 is 0 Å². The Morgan fingerprint density at radius 3 is 2.03 bits per heavy atom. The van der Waals surface area contributed by atoms with Crippen LogP contribution in [0.2, 0.25) is 0 Å². The van der Waals surface area contributed by atoms with Crippen molar-refractivity contribution in [1.82, 2.24) is 5.32 Å². The van der Waals surface area contributed by atoms with Crippen LogP contribution in [0.1, 0.15) is 54.4 Å². The van der Waals surface area contributed by atoms with Crippen molar-refractivity contribution in [1.29, 1.82) is 0 Å². The minimum absolute atomic E-state index is 0.0322. The van der Waals surface area contributed by atoms with Crippen LogP contribution in [0.5, 0.6) is 0 Å². The van der Waals surface area contributed by atoms with Crippen molar-refractivity contribution in [3.63, 3.8) is 0 Å². The van der Waals surface area contributed by atoms with Gasteiger partial charge < -0.3 is 34.1 Å². The first-order valence-corrected chi connectivity index (χ1v) is 10.5. The highest BCUT2D eigenvalue weighted by atomic mass is 16.7. The Labute approximate surface area is 188 Å². The Morgan fingerprint density at radius 1 is 0.938 bits per heavy atom. The second kappa shape index (κ2) is 12.7. The minimum atomic E-state index is -1.15. The van der Waals surface area contributed by atoms with Gasteiger partial charge in [0.1, 0.15) is 18.8 Å². The predicted molar refractivity (Wildman–Crippen MR) is 110 cm³/mol. The predicted octanol–water partition coefficient (Wildman–Crippen LogP) is 0.458. The number of carbonyl (C=O) groups is 4. The fourth-order valence-electron chi connectivity index (χ4n) is 3.31. The first-order valence-electron chi connectivity index (χ1n) is 10.5. The summed E-state index contributed by atoms with van der Waals surface area (Å²) in [4.78, 5) is 46.7. The molecule has 1 heterocycles. The number of aliphatic hydroxyl groups excluding tert-OH is 1. The Kier molecular flexibility index (Phi) is 11.0. The van der Waals surface area contributed by atoms with Crippen molar-refractivity contribution in [2.75, 3.05) is 19.8 Å². The summed E-state index contributed by atoms with van der Waals surface area (Å²) in [5.41, 5.74) is -0.209. The zero-order valence-electron chi connectivity index (χ0n) is 19.5. The highest BCUT2D eigenvalue weighted by Gasteiger charge is 2.51. The maximum atomic E-state index is 11.9. The molecule has 1 fully saturated rings. The van der Waals surface area contributed by atoms with Crippen LogP contribution in [0, 0.1) is 5.41 Å². The van der Waals surface area contributed by atoms with Crippen molar-refractivity contribution >= 4 is 23.8 Å². The molecule has 1 rings (SSSR count). The van der Waals surface area contributed by atoms with Gasteiger partial charge in [0.2, 0.25) is 5.91 Å². The third-order valence-electron chi connectivity index (χ3n) is 4.92. The van der Waals surface area contributed by atoms with Crippen molar-refractivity contribution < 1.29 is 48.0 Å². The van der Waals surface area contributed by atoms with Crippen molar-refractivity contribution in [3.05, 3.63) is 0 Å². The van der Waals surface area contributed by atoms with Crippen LogP contribution < -0.4 is 5.32 Å². The largest absolute Gasteiger partial charge is 0.463 e. The molecule has 0 aromatic rings. The molecule has 1 aliphatic heterocycles. The van der Waals surface area contributed by atoms with Gasteiger partial charge in [0.25, 0.3) is 0 Å². The van der Waals surface area contributed by atoms with E-state index < -0.39 is 54.5 Å². The SMILES string of the molecule is CC(=O)N[C@H]1[C@H](OCCC(C)(C)CCO)O[C@H](COC(C)=O)[C@H](OC(C)=O)[C@@H]1OC(C)=O. The van der Waals surface area contributed by atoms with Crippen LogP contribution in [0.25, 0.3) is 0 Å².